The molecule has 0 atom stereocenters. The second-order valence-corrected chi connectivity index (χ2v) is 10.5. The third kappa shape index (κ3) is 4.37. The SMILES string of the molecule is CC1=C(c2nc3c(c(=O)n(CCCO)c(=O)n3C3CCC3)n2CC2=C=C=CC=C2)CCC(OC2CCC2)=N1. The molecule has 9 nitrogen and oxygen atoms in total. The zero-order valence-corrected chi connectivity index (χ0v) is 21.8. The summed E-state index contributed by atoms with van der Waals surface area (Å²) < 4.78 is 11.0. The average Bonchev–Trinajstić information content (AvgIpc) is 3.22. The minimum Gasteiger partial charge on any atom is -0.477 e. The summed E-state index contributed by atoms with van der Waals surface area (Å²) in [5.41, 5.74) is 8.90. The second-order valence-electron chi connectivity index (χ2n) is 10.5. The Balaban J connectivity index is 1.56. The van der Waals surface area contributed by atoms with E-state index < -0.39 is 0 Å². The fourth-order valence-electron chi connectivity index (χ4n) is 5.45. The first-order chi connectivity index (χ1) is 18.5. The van der Waals surface area contributed by atoms with Crippen LogP contribution in [0.1, 0.15) is 76.6 Å². The molecule has 2 saturated carbocycles. The van der Waals surface area contributed by atoms with E-state index in [1.165, 1.54) is 11.0 Å². The van der Waals surface area contributed by atoms with Gasteiger partial charge in [-0.15, -0.1) is 0 Å². The van der Waals surface area contributed by atoms with Crippen LogP contribution in [0.4, 0.5) is 0 Å². The molecule has 198 valence electrons. The Morgan fingerprint density at radius 1 is 1.13 bits per heavy atom. The average molecular weight is 516 g/mol. The number of aromatic nitrogens is 4. The number of aliphatic imine (C=N–C) groups is 1. The summed E-state index contributed by atoms with van der Waals surface area (Å²) in [6, 6.07) is 0.0146. The second kappa shape index (κ2) is 10.3. The lowest BCUT2D eigenvalue weighted by molar-refractivity contribution is 0.104. The van der Waals surface area contributed by atoms with Crippen LogP contribution in [0.15, 0.2) is 55.5 Å². The van der Waals surface area contributed by atoms with E-state index in [0.29, 0.717) is 42.8 Å². The molecule has 1 N–H and O–H groups in total. The van der Waals surface area contributed by atoms with Crippen molar-refractivity contribution < 1.29 is 9.84 Å². The highest BCUT2D eigenvalue weighted by molar-refractivity contribution is 5.86. The molecule has 2 fully saturated rings. The molecule has 2 aromatic heterocycles. The molecule has 9 heteroatoms. The monoisotopic (exact) mass is 515 g/mol. The molecular formula is C29H33N5O4. The number of aliphatic hydroxyl groups excluding tert-OH is 1. The van der Waals surface area contributed by atoms with Gasteiger partial charge in [-0.25, -0.2) is 14.8 Å². The van der Waals surface area contributed by atoms with E-state index in [4.69, 9.17) is 14.7 Å². The quantitative estimate of drug-likeness (QED) is 0.539. The lowest BCUT2D eigenvalue weighted by Gasteiger charge is -2.28. The molecule has 0 bridgehead atoms. The molecular weight excluding hydrogens is 482 g/mol. The zero-order valence-electron chi connectivity index (χ0n) is 21.8. The van der Waals surface area contributed by atoms with Gasteiger partial charge < -0.3 is 14.4 Å². The first-order valence-corrected chi connectivity index (χ1v) is 13.7. The van der Waals surface area contributed by atoms with Crippen molar-refractivity contribution >= 4 is 22.6 Å². The number of hydrogen-bond donors (Lipinski definition) is 1. The lowest BCUT2D eigenvalue weighted by atomic mass is 9.93. The molecule has 0 amide bonds. The van der Waals surface area contributed by atoms with Gasteiger partial charge in [-0.2, -0.15) is 0 Å². The molecule has 0 spiro atoms. The van der Waals surface area contributed by atoms with Gasteiger partial charge in [0.25, 0.3) is 5.56 Å². The number of hydrogen-bond acceptors (Lipinski definition) is 6. The van der Waals surface area contributed by atoms with Crippen LogP contribution in [0, 0.1) is 0 Å². The minimum absolute atomic E-state index is 0.0146. The van der Waals surface area contributed by atoms with Gasteiger partial charge in [-0.3, -0.25) is 13.9 Å². The molecule has 38 heavy (non-hydrogen) atoms. The van der Waals surface area contributed by atoms with Gasteiger partial charge in [0.2, 0.25) is 0 Å². The van der Waals surface area contributed by atoms with Crippen molar-refractivity contribution in [2.75, 3.05) is 6.61 Å². The first kappa shape index (κ1) is 24.7. The highest BCUT2D eigenvalue weighted by Gasteiger charge is 2.31. The van der Waals surface area contributed by atoms with E-state index in [9.17, 15) is 14.7 Å². The molecule has 0 aromatic carbocycles. The number of ether oxygens (including phenoxy) is 1. The van der Waals surface area contributed by atoms with E-state index in [-0.39, 0.29) is 36.5 Å². The summed E-state index contributed by atoms with van der Waals surface area (Å²) in [5.74, 6) is 1.42. The molecule has 0 unspecified atom stereocenters. The Morgan fingerprint density at radius 3 is 2.58 bits per heavy atom. The van der Waals surface area contributed by atoms with Crippen molar-refractivity contribution in [3.05, 3.63) is 67.6 Å². The molecule has 6 rings (SSSR count). The third-order valence-electron chi connectivity index (χ3n) is 8.02. The van der Waals surface area contributed by atoms with Crippen molar-refractivity contribution in [1.29, 1.82) is 0 Å². The maximum absolute atomic E-state index is 13.9. The summed E-state index contributed by atoms with van der Waals surface area (Å²) in [6.45, 7) is 2.40. The van der Waals surface area contributed by atoms with Gasteiger partial charge >= 0.3 is 5.69 Å². The summed E-state index contributed by atoms with van der Waals surface area (Å²) in [7, 11) is 0. The number of allylic oxidation sites excluding steroid dienone is 6. The van der Waals surface area contributed by atoms with E-state index in [1.54, 1.807) is 10.6 Å². The van der Waals surface area contributed by atoms with E-state index in [0.717, 1.165) is 54.8 Å². The highest BCUT2D eigenvalue weighted by Crippen LogP contribution is 2.35. The summed E-state index contributed by atoms with van der Waals surface area (Å²) in [5, 5.41) is 9.43. The van der Waals surface area contributed by atoms with Gasteiger partial charge in [-0.05, 0) is 70.4 Å². The maximum Gasteiger partial charge on any atom is 0.333 e. The first-order valence-electron chi connectivity index (χ1n) is 13.7. The van der Waals surface area contributed by atoms with Crippen LogP contribution < -0.4 is 11.2 Å². The molecule has 1 aliphatic heterocycles. The lowest BCUT2D eigenvalue weighted by Crippen LogP contribution is -2.43. The minimum atomic E-state index is -0.376. The number of aliphatic hydroxyl groups is 1. The summed E-state index contributed by atoms with van der Waals surface area (Å²) >= 11 is 0. The van der Waals surface area contributed by atoms with Gasteiger partial charge in [0.1, 0.15) is 11.9 Å². The third-order valence-corrected chi connectivity index (χ3v) is 8.02. The normalized spacial score (nSPS) is 19.5. The number of rotatable bonds is 8. The van der Waals surface area contributed by atoms with E-state index in [2.05, 4.69) is 11.5 Å². The summed E-state index contributed by atoms with van der Waals surface area (Å²) in [6.07, 6.45) is 13.8. The smallest absolute Gasteiger partial charge is 0.333 e. The van der Waals surface area contributed by atoms with Crippen LogP contribution in [0.25, 0.3) is 16.7 Å². The van der Waals surface area contributed by atoms with Crippen molar-refractivity contribution in [2.45, 2.75) is 89.9 Å². The van der Waals surface area contributed by atoms with E-state index in [1.807, 2.05) is 23.6 Å². The van der Waals surface area contributed by atoms with Crippen molar-refractivity contribution in [2.24, 2.45) is 4.99 Å². The number of fused-ring (bicyclic) bond motifs is 1. The predicted octanol–water partition coefficient (Wildman–Crippen LogP) is 3.77. The number of nitrogens with zero attached hydrogens (tertiary/aromatic N) is 5. The molecule has 3 aliphatic carbocycles. The van der Waals surface area contributed by atoms with Crippen LogP contribution >= 0.6 is 0 Å². The Hall–Kier alpha value is -3.64. The van der Waals surface area contributed by atoms with Crippen LogP contribution in [0.2, 0.25) is 0 Å². The number of imidazole rings is 1. The Labute approximate surface area is 220 Å². The van der Waals surface area contributed by atoms with Crippen LogP contribution in [-0.2, 0) is 17.8 Å². The van der Waals surface area contributed by atoms with Crippen LogP contribution in [-0.4, -0.2) is 42.4 Å². The maximum atomic E-state index is 13.9. The largest absolute Gasteiger partial charge is 0.477 e. The van der Waals surface area contributed by atoms with Crippen molar-refractivity contribution in [3.63, 3.8) is 0 Å². The standard InChI is InChI=1S/C29H33N5O4/c1-19-23(14-15-24(30-19)38-22-12-6-13-22)26-31-27-25(33(26)18-20-8-3-2-4-9-20)28(36)32(16-7-17-35)29(37)34(27)21-10-5-11-21/h2-3,8,21-22,35H,5-7,10-18H2,1H3. The van der Waals surface area contributed by atoms with Gasteiger partial charge in [0, 0.05) is 42.5 Å². The molecule has 3 heterocycles. The predicted molar refractivity (Wildman–Crippen MR) is 145 cm³/mol. The summed E-state index contributed by atoms with van der Waals surface area (Å²) in [4.78, 5) is 37.2. The molecule has 0 radical (unpaired) electrons. The van der Waals surface area contributed by atoms with Crippen LogP contribution in [0.5, 0.6) is 0 Å². The Morgan fingerprint density at radius 2 is 1.95 bits per heavy atom. The van der Waals surface area contributed by atoms with Crippen LogP contribution in [0.3, 0.4) is 0 Å². The van der Waals surface area contributed by atoms with Gasteiger partial charge in [-0.1, -0.05) is 17.5 Å². The fraction of sp³-hybridized carbons (Fsp3) is 0.517. The van der Waals surface area contributed by atoms with Crippen molar-refractivity contribution in [3.8, 4) is 0 Å². The highest BCUT2D eigenvalue weighted by atomic mass is 16.5. The molecule has 2 aromatic rings. The fourth-order valence-corrected chi connectivity index (χ4v) is 5.45. The van der Waals surface area contributed by atoms with E-state index >= 15 is 0 Å². The Bertz CT molecular complexity index is 1590. The Kier molecular flexibility index (Phi) is 6.66. The molecule has 4 aliphatic rings. The zero-order chi connectivity index (χ0) is 26.2. The van der Waals surface area contributed by atoms with Crippen molar-refractivity contribution in [1.82, 2.24) is 18.7 Å². The topological polar surface area (TPSA) is 104 Å². The van der Waals surface area contributed by atoms with Gasteiger partial charge in [0.15, 0.2) is 17.1 Å². The van der Waals surface area contributed by atoms with Gasteiger partial charge in [0.05, 0.1) is 6.54 Å². The molecule has 0 saturated heterocycles.